The van der Waals surface area contributed by atoms with Gasteiger partial charge in [-0.25, -0.2) is 5.43 Å². The second kappa shape index (κ2) is 8.86. The van der Waals surface area contributed by atoms with Crippen LogP contribution in [0, 0.1) is 0 Å². The third kappa shape index (κ3) is 4.37. The first-order chi connectivity index (χ1) is 14.3. The first-order valence-electron chi connectivity index (χ1n) is 8.45. The van der Waals surface area contributed by atoms with Gasteiger partial charge in [0, 0.05) is 23.3 Å². The summed E-state index contributed by atoms with van der Waals surface area (Å²) in [5, 5.41) is 32.5. The van der Waals surface area contributed by atoms with Crippen LogP contribution in [0.3, 0.4) is 0 Å². The summed E-state index contributed by atoms with van der Waals surface area (Å²) >= 11 is 12.5. The molecule has 3 aromatic rings. The van der Waals surface area contributed by atoms with Crippen LogP contribution in [0.25, 0.3) is 0 Å². The predicted octanol–water partition coefficient (Wildman–Crippen LogP) is 4.11. The molecule has 4 N–H and O–H groups in total. The van der Waals surface area contributed by atoms with Gasteiger partial charge in [-0.1, -0.05) is 59.6 Å². The summed E-state index contributed by atoms with van der Waals surface area (Å²) in [6.07, 6.45) is 1.20. The molecule has 1 amide bonds. The van der Waals surface area contributed by atoms with Crippen molar-refractivity contribution in [2.75, 3.05) is 0 Å². The van der Waals surface area contributed by atoms with E-state index in [1.54, 1.807) is 30.3 Å². The van der Waals surface area contributed by atoms with Gasteiger partial charge in [-0.05, 0) is 6.07 Å². The smallest absolute Gasteiger partial charge is 0.275 e. The second-order valence-electron chi connectivity index (χ2n) is 6.08. The van der Waals surface area contributed by atoms with Crippen LogP contribution in [0.1, 0.15) is 31.8 Å². The number of nitrogens with one attached hydrogen (secondary N) is 1. The molecule has 9 heteroatoms. The molecule has 7 nitrogen and oxygen atoms in total. The van der Waals surface area contributed by atoms with Crippen LogP contribution in [0.15, 0.2) is 59.7 Å². The number of hydrogen-bond acceptors (Lipinski definition) is 6. The zero-order valence-electron chi connectivity index (χ0n) is 15.1. The van der Waals surface area contributed by atoms with Crippen LogP contribution in [-0.4, -0.2) is 33.2 Å². The predicted molar refractivity (Wildman–Crippen MR) is 113 cm³/mol. The number of nitrogens with zero attached hydrogens (tertiary/aromatic N) is 1. The molecule has 0 saturated heterocycles. The fourth-order valence-corrected chi connectivity index (χ4v) is 3.17. The molecule has 3 aromatic carbocycles. The number of hydrogen-bond donors (Lipinski definition) is 4. The van der Waals surface area contributed by atoms with Crippen LogP contribution in [-0.2, 0) is 0 Å². The summed E-state index contributed by atoms with van der Waals surface area (Å²) in [5.74, 6) is -2.90. The van der Waals surface area contributed by atoms with E-state index in [0.29, 0.717) is 11.1 Å². The van der Waals surface area contributed by atoms with Crippen LogP contribution in [0.4, 0.5) is 0 Å². The van der Waals surface area contributed by atoms with E-state index in [4.69, 9.17) is 23.2 Å². The van der Waals surface area contributed by atoms with Crippen molar-refractivity contribution in [3.05, 3.63) is 86.9 Å². The van der Waals surface area contributed by atoms with Gasteiger partial charge in [0.25, 0.3) is 5.91 Å². The van der Waals surface area contributed by atoms with Crippen molar-refractivity contribution in [3.63, 3.8) is 0 Å². The summed E-state index contributed by atoms with van der Waals surface area (Å²) in [4.78, 5) is 24.9. The van der Waals surface area contributed by atoms with Crippen molar-refractivity contribution in [1.29, 1.82) is 0 Å². The molecular formula is C21H14Cl2N2O5. The van der Waals surface area contributed by atoms with Crippen molar-refractivity contribution in [1.82, 2.24) is 5.43 Å². The maximum atomic E-state index is 12.7. The molecule has 0 aliphatic heterocycles. The lowest BCUT2D eigenvalue weighted by Gasteiger charge is -2.09. The van der Waals surface area contributed by atoms with Gasteiger partial charge >= 0.3 is 0 Å². The fraction of sp³-hybridized carbons (Fsp3) is 0. The van der Waals surface area contributed by atoms with Crippen molar-refractivity contribution in [2.45, 2.75) is 0 Å². The van der Waals surface area contributed by atoms with Crippen LogP contribution < -0.4 is 5.43 Å². The molecule has 0 radical (unpaired) electrons. The number of amides is 1. The van der Waals surface area contributed by atoms with Gasteiger partial charge in [-0.3, -0.25) is 9.59 Å². The topological polar surface area (TPSA) is 119 Å². The summed E-state index contributed by atoms with van der Waals surface area (Å²) < 4.78 is 0. The van der Waals surface area contributed by atoms with E-state index in [1.165, 1.54) is 18.3 Å². The van der Waals surface area contributed by atoms with Crippen molar-refractivity contribution in [3.8, 4) is 17.2 Å². The summed E-state index contributed by atoms with van der Waals surface area (Å²) in [7, 11) is 0. The third-order valence-electron chi connectivity index (χ3n) is 4.09. The van der Waals surface area contributed by atoms with E-state index < -0.39 is 23.2 Å². The Labute approximate surface area is 180 Å². The summed E-state index contributed by atoms with van der Waals surface area (Å²) in [6.45, 7) is 0. The Balaban J connectivity index is 1.84. The normalized spacial score (nSPS) is 10.9. The molecular weight excluding hydrogens is 431 g/mol. The Kier molecular flexibility index (Phi) is 6.25. The zero-order valence-corrected chi connectivity index (χ0v) is 16.6. The first kappa shape index (κ1) is 21.2. The standard InChI is InChI=1S/C21H14Cl2N2O5/c22-14-7-6-12(19(23)18(14)20(29)11-4-2-1-3-5-11)10-24-25-21(30)13-8-16(27)17(28)9-15(13)26/h1-10,26-28H,(H,25,30)/b24-10+. The van der Waals surface area contributed by atoms with Gasteiger partial charge < -0.3 is 15.3 Å². The second-order valence-corrected chi connectivity index (χ2v) is 6.86. The number of halogens is 2. The number of ketones is 1. The van der Waals surface area contributed by atoms with E-state index in [-0.39, 0.29) is 27.0 Å². The molecule has 3 rings (SSSR count). The van der Waals surface area contributed by atoms with E-state index in [9.17, 15) is 24.9 Å². The van der Waals surface area contributed by atoms with Crippen molar-refractivity contribution < 1.29 is 24.9 Å². The van der Waals surface area contributed by atoms with Crippen LogP contribution >= 0.6 is 23.2 Å². The van der Waals surface area contributed by atoms with E-state index >= 15 is 0 Å². The monoisotopic (exact) mass is 444 g/mol. The van der Waals surface area contributed by atoms with Crippen molar-refractivity contribution in [2.24, 2.45) is 5.10 Å². The molecule has 0 spiro atoms. The molecule has 0 aliphatic carbocycles. The third-order valence-corrected chi connectivity index (χ3v) is 4.81. The van der Waals surface area contributed by atoms with Crippen LogP contribution in [0.2, 0.25) is 10.0 Å². The molecule has 0 atom stereocenters. The average molecular weight is 445 g/mol. The number of hydrazone groups is 1. The zero-order chi connectivity index (χ0) is 21.8. The Morgan fingerprint density at radius 3 is 2.27 bits per heavy atom. The number of carbonyl (C=O) groups excluding carboxylic acids is 2. The van der Waals surface area contributed by atoms with Crippen molar-refractivity contribution >= 4 is 41.1 Å². The number of phenolic OH excluding ortho intramolecular Hbond substituents is 3. The van der Waals surface area contributed by atoms with E-state index in [2.05, 4.69) is 10.5 Å². The van der Waals surface area contributed by atoms with Gasteiger partial charge in [0.15, 0.2) is 17.3 Å². The number of aromatic hydroxyl groups is 3. The highest BCUT2D eigenvalue weighted by Gasteiger charge is 2.19. The molecule has 30 heavy (non-hydrogen) atoms. The number of carbonyl (C=O) groups is 2. The molecule has 0 heterocycles. The number of rotatable bonds is 5. The van der Waals surface area contributed by atoms with Gasteiger partial charge in [-0.2, -0.15) is 5.10 Å². The SMILES string of the molecule is O=C(N/N=C/c1ccc(Cl)c(C(=O)c2ccccc2)c1Cl)c1cc(O)c(O)cc1O. The molecule has 0 aliphatic rings. The Morgan fingerprint density at radius 2 is 1.57 bits per heavy atom. The Hall–Kier alpha value is -3.55. The summed E-state index contributed by atoms with van der Waals surface area (Å²) in [5.41, 5.74) is 2.68. The van der Waals surface area contributed by atoms with Gasteiger partial charge in [0.1, 0.15) is 5.75 Å². The lowest BCUT2D eigenvalue weighted by atomic mass is 10.0. The maximum Gasteiger partial charge on any atom is 0.275 e. The lowest BCUT2D eigenvalue weighted by Crippen LogP contribution is -2.17. The van der Waals surface area contributed by atoms with Gasteiger partial charge in [-0.15, -0.1) is 0 Å². The minimum absolute atomic E-state index is 0.0551. The highest BCUT2D eigenvalue weighted by Crippen LogP contribution is 2.32. The van der Waals surface area contributed by atoms with Gasteiger partial charge in [0.2, 0.25) is 0 Å². The minimum atomic E-state index is -0.843. The highest BCUT2D eigenvalue weighted by atomic mass is 35.5. The minimum Gasteiger partial charge on any atom is -0.507 e. The quantitative estimate of drug-likeness (QED) is 0.155. The largest absolute Gasteiger partial charge is 0.507 e. The Morgan fingerprint density at radius 1 is 0.900 bits per heavy atom. The Bertz CT molecular complexity index is 1160. The maximum absolute atomic E-state index is 12.7. The fourth-order valence-electron chi connectivity index (χ4n) is 2.58. The molecule has 0 saturated carbocycles. The average Bonchev–Trinajstić information content (AvgIpc) is 2.72. The van der Waals surface area contributed by atoms with E-state index in [1.807, 2.05) is 0 Å². The number of phenols is 3. The highest BCUT2D eigenvalue weighted by molar-refractivity contribution is 6.42. The van der Waals surface area contributed by atoms with Crippen LogP contribution in [0.5, 0.6) is 17.2 Å². The molecule has 152 valence electrons. The molecule has 0 aromatic heterocycles. The molecule has 0 unspecified atom stereocenters. The lowest BCUT2D eigenvalue weighted by molar-refractivity contribution is 0.0951. The summed E-state index contributed by atoms with van der Waals surface area (Å²) in [6, 6.07) is 13.2. The first-order valence-corrected chi connectivity index (χ1v) is 9.21. The van der Waals surface area contributed by atoms with E-state index in [0.717, 1.165) is 12.1 Å². The molecule has 0 bridgehead atoms. The van der Waals surface area contributed by atoms with Gasteiger partial charge in [0.05, 0.1) is 27.4 Å². The number of benzene rings is 3. The molecule has 0 fully saturated rings.